The van der Waals surface area contributed by atoms with Crippen molar-refractivity contribution in [2.75, 3.05) is 0 Å². The average molecular weight is 319 g/mol. The molecule has 20 heavy (non-hydrogen) atoms. The SMILES string of the molecule is Cc1ccc(Sc2cc(C(F)(F)F)nc(Cl)n2)c(C)c1. The van der Waals surface area contributed by atoms with Gasteiger partial charge in [0.05, 0.1) is 0 Å². The average Bonchev–Trinajstić information content (AvgIpc) is 2.31. The molecule has 2 rings (SSSR count). The van der Waals surface area contributed by atoms with Crippen LogP contribution in [0.4, 0.5) is 13.2 Å². The first kappa shape index (κ1) is 15.1. The standard InChI is InChI=1S/C13H10ClF3N2S/c1-7-3-4-9(8(2)5-7)20-11-6-10(13(15,16)17)18-12(14)19-11/h3-6H,1-2H3. The van der Waals surface area contributed by atoms with E-state index in [9.17, 15) is 13.2 Å². The van der Waals surface area contributed by atoms with Gasteiger partial charge >= 0.3 is 6.18 Å². The maximum atomic E-state index is 12.7. The van der Waals surface area contributed by atoms with Crippen LogP contribution in [0.3, 0.4) is 0 Å². The fourth-order valence-electron chi connectivity index (χ4n) is 1.62. The lowest BCUT2D eigenvalue weighted by Crippen LogP contribution is -2.09. The van der Waals surface area contributed by atoms with E-state index in [-0.39, 0.29) is 5.03 Å². The van der Waals surface area contributed by atoms with E-state index in [4.69, 9.17) is 11.6 Å². The van der Waals surface area contributed by atoms with Gasteiger partial charge < -0.3 is 0 Å². The van der Waals surface area contributed by atoms with Crippen molar-refractivity contribution in [1.29, 1.82) is 0 Å². The highest BCUT2D eigenvalue weighted by molar-refractivity contribution is 7.99. The molecule has 0 aliphatic rings. The number of nitrogens with zero attached hydrogens (tertiary/aromatic N) is 2. The van der Waals surface area contributed by atoms with E-state index < -0.39 is 17.2 Å². The minimum atomic E-state index is -4.54. The van der Waals surface area contributed by atoms with E-state index in [2.05, 4.69) is 9.97 Å². The highest BCUT2D eigenvalue weighted by Crippen LogP contribution is 2.34. The fraction of sp³-hybridized carbons (Fsp3) is 0.231. The molecular weight excluding hydrogens is 309 g/mol. The lowest BCUT2D eigenvalue weighted by molar-refractivity contribution is -0.141. The van der Waals surface area contributed by atoms with E-state index >= 15 is 0 Å². The normalized spacial score (nSPS) is 11.7. The zero-order valence-corrected chi connectivity index (χ0v) is 12.2. The first-order chi connectivity index (χ1) is 9.25. The zero-order valence-electron chi connectivity index (χ0n) is 10.6. The Hall–Kier alpha value is -1.27. The molecule has 2 aromatic rings. The Morgan fingerprint density at radius 1 is 1.10 bits per heavy atom. The largest absolute Gasteiger partial charge is 0.433 e. The predicted molar refractivity (Wildman–Crippen MR) is 72.1 cm³/mol. The van der Waals surface area contributed by atoms with Crippen LogP contribution in [-0.4, -0.2) is 9.97 Å². The summed E-state index contributed by atoms with van der Waals surface area (Å²) < 4.78 is 38.0. The lowest BCUT2D eigenvalue weighted by atomic mass is 10.2. The molecule has 7 heteroatoms. The molecule has 0 saturated carbocycles. The second-order valence-electron chi connectivity index (χ2n) is 4.23. The molecule has 0 amide bonds. The molecule has 0 spiro atoms. The van der Waals surface area contributed by atoms with Crippen LogP contribution in [0.1, 0.15) is 16.8 Å². The van der Waals surface area contributed by atoms with Crippen LogP contribution in [0.15, 0.2) is 34.2 Å². The zero-order chi connectivity index (χ0) is 14.9. The Labute approximate surface area is 123 Å². The molecular formula is C13H10ClF3N2S. The molecule has 106 valence electrons. The molecule has 1 aromatic carbocycles. The van der Waals surface area contributed by atoms with Crippen LogP contribution in [0.25, 0.3) is 0 Å². The number of aryl methyl sites for hydroxylation is 2. The van der Waals surface area contributed by atoms with Crippen LogP contribution < -0.4 is 0 Å². The first-order valence-electron chi connectivity index (χ1n) is 5.62. The van der Waals surface area contributed by atoms with Gasteiger partial charge in [-0.1, -0.05) is 29.5 Å². The van der Waals surface area contributed by atoms with Gasteiger partial charge in [0, 0.05) is 11.0 Å². The van der Waals surface area contributed by atoms with Gasteiger partial charge in [-0.3, -0.25) is 0 Å². The number of rotatable bonds is 2. The van der Waals surface area contributed by atoms with E-state index in [1.54, 1.807) is 0 Å². The van der Waals surface area contributed by atoms with Gasteiger partial charge in [-0.25, -0.2) is 9.97 Å². The third-order valence-electron chi connectivity index (χ3n) is 2.51. The Morgan fingerprint density at radius 3 is 2.40 bits per heavy atom. The van der Waals surface area contributed by atoms with E-state index in [1.807, 2.05) is 32.0 Å². The molecule has 0 N–H and O–H groups in total. The minimum absolute atomic E-state index is 0.171. The molecule has 1 heterocycles. The van der Waals surface area contributed by atoms with Gasteiger partial charge in [-0.15, -0.1) is 0 Å². The van der Waals surface area contributed by atoms with Crippen molar-refractivity contribution in [1.82, 2.24) is 9.97 Å². The lowest BCUT2D eigenvalue weighted by Gasteiger charge is -2.09. The minimum Gasteiger partial charge on any atom is -0.213 e. The second kappa shape index (κ2) is 5.61. The number of hydrogen-bond acceptors (Lipinski definition) is 3. The van der Waals surface area contributed by atoms with Crippen LogP contribution in [-0.2, 0) is 6.18 Å². The fourth-order valence-corrected chi connectivity index (χ4v) is 2.74. The quantitative estimate of drug-likeness (QED) is 0.581. The Balaban J connectivity index is 2.36. The maximum Gasteiger partial charge on any atom is 0.433 e. The first-order valence-corrected chi connectivity index (χ1v) is 6.82. The maximum absolute atomic E-state index is 12.7. The summed E-state index contributed by atoms with van der Waals surface area (Å²) >= 11 is 6.68. The monoisotopic (exact) mass is 318 g/mol. The summed E-state index contributed by atoms with van der Waals surface area (Å²) in [5.41, 5.74) is 1.02. The predicted octanol–water partition coefficient (Wildman–Crippen LogP) is 4.92. The van der Waals surface area contributed by atoms with Gasteiger partial charge in [-0.2, -0.15) is 13.2 Å². The third-order valence-corrected chi connectivity index (χ3v) is 3.78. The summed E-state index contributed by atoms with van der Waals surface area (Å²) in [5.74, 6) is 0. The van der Waals surface area contributed by atoms with Crippen molar-refractivity contribution in [3.05, 3.63) is 46.4 Å². The van der Waals surface area contributed by atoms with Crippen molar-refractivity contribution < 1.29 is 13.2 Å². The summed E-state index contributed by atoms with van der Waals surface area (Å²) in [6, 6.07) is 6.59. The molecule has 0 bridgehead atoms. The van der Waals surface area contributed by atoms with Crippen LogP contribution >= 0.6 is 23.4 Å². The van der Waals surface area contributed by atoms with Gasteiger partial charge in [0.1, 0.15) is 5.03 Å². The van der Waals surface area contributed by atoms with Crippen LogP contribution in [0.2, 0.25) is 5.28 Å². The van der Waals surface area contributed by atoms with E-state index in [0.717, 1.165) is 33.9 Å². The highest BCUT2D eigenvalue weighted by Gasteiger charge is 2.33. The van der Waals surface area contributed by atoms with Crippen LogP contribution in [0.5, 0.6) is 0 Å². The summed E-state index contributed by atoms with van der Waals surface area (Å²) in [6.07, 6.45) is -4.54. The number of halogens is 4. The smallest absolute Gasteiger partial charge is 0.213 e. The van der Waals surface area contributed by atoms with Gasteiger partial charge in [0.25, 0.3) is 0 Å². The molecule has 2 nitrogen and oxygen atoms in total. The molecule has 0 radical (unpaired) electrons. The molecule has 0 unspecified atom stereocenters. The van der Waals surface area contributed by atoms with Crippen molar-refractivity contribution in [2.24, 2.45) is 0 Å². The van der Waals surface area contributed by atoms with E-state index in [0.29, 0.717) is 0 Å². The van der Waals surface area contributed by atoms with Crippen molar-refractivity contribution >= 4 is 23.4 Å². The molecule has 0 saturated heterocycles. The van der Waals surface area contributed by atoms with Crippen molar-refractivity contribution in [3.8, 4) is 0 Å². The van der Waals surface area contributed by atoms with E-state index in [1.165, 1.54) is 0 Å². The molecule has 0 fully saturated rings. The Morgan fingerprint density at radius 2 is 1.80 bits per heavy atom. The Kier molecular flexibility index (Phi) is 4.25. The number of hydrogen-bond donors (Lipinski definition) is 0. The number of alkyl halides is 3. The third kappa shape index (κ3) is 3.64. The topological polar surface area (TPSA) is 25.8 Å². The highest BCUT2D eigenvalue weighted by atomic mass is 35.5. The second-order valence-corrected chi connectivity index (χ2v) is 5.63. The summed E-state index contributed by atoms with van der Waals surface area (Å²) in [5, 5.41) is -0.239. The molecule has 0 aliphatic carbocycles. The molecule has 0 aliphatic heterocycles. The summed E-state index contributed by atoms with van der Waals surface area (Å²) in [4.78, 5) is 7.85. The summed E-state index contributed by atoms with van der Waals surface area (Å²) in [7, 11) is 0. The number of aromatic nitrogens is 2. The van der Waals surface area contributed by atoms with Crippen LogP contribution in [0, 0.1) is 13.8 Å². The number of benzene rings is 1. The molecule has 1 aromatic heterocycles. The molecule has 0 atom stereocenters. The van der Waals surface area contributed by atoms with Gasteiger partial charge in [0.15, 0.2) is 5.69 Å². The van der Waals surface area contributed by atoms with Crippen molar-refractivity contribution in [2.45, 2.75) is 29.9 Å². The van der Waals surface area contributed by atoms with Gasteiger partial charge in [-0.05, 0) is 37.1 Å². The van der Waals surface area contributed by atoms with Crippen molar-refractivity contribution in [3.63, 3.8) is 0 Å². The summed E-state index contributed by atoms with van der Waals surface area (Å²) in [6.45, 7) is 3.84. The Bertz CT molecular complexity index is 644. The van der Waals surface area contributed by atoms with Gasteiger partial charge in [0.2, 0.25) is 5.28 Å².